The fourth-order valence-electron chi connectivity index (χ4n) is 2.40. The third-order valence-electron chi connectivity index (χ3n) is 3.50. The molecule has 0 aliphatic carbocycles. The van der Waals surface area contributed by atoms with Crippen LogP contribution in [0.15, 0.2) is 52.9 Å². The van der Waals surface area contributed by atoms with Gasteiger partial charge in [0.2, 0.25) is 0 Å². The van der Waals surface area contributed by atoms with Crippen LogP contribution in [0.2, 0.25) is 0 Å². The Bertz CT molecular complexity index is 864. The van der Waals surface area contributed by atoms with Crippen molar-refractivity contribution >= 4 is 34.6 Å². The second-order valence-electron chi connectivity index (χ2n) is 4.96. The highest BCUT2D eigenvalue weighted by Gasteiger charge is 2.16. The number of nitriles is 1. The fraction of sp³-hybridized carbons (Fsp3) is 0.111. The van der Waals surface area contributed by atoms with E-state index in [1.807, 2.05) is 55.6 Å². The van der Waals surface area contributed by atoms with Gasteiger partial charge < -0.3 is 5.32 Å². The first-order chi connectivity index (χ1) is 11.2. The van der Waals surface area contributed by atoms with E-state index >= 15 is 0 Å². The summed E-state index contributed by atoms with van der Waals surface area (Å²) >= 11 is 3.23. The highest BCUT2D eigenvalue weighted by molar-refractivity contribution is 8.00. The Morgan fingerprint density at radius 1 is 1.22 bits per heavy atom. The molecule has 114 valence electrons. The highest BCUT2D eigenvalue weighted by atomic mass is 32.2. The largest absolute Gasteiger partial charge is 0.340 e. The quantitative estimate of drug-likeness (QED) is 0.643. The number of nitrogens with zero attached hydrogens (tertiary/aromatic N) is 2. The lowest BCUT2D eigenvalue weighted by Crippen LogP contribution is -1.93. The van der Waals surface area contributed by atoms with Crippen LogP contribution in [0.5, 0.6) is 0 Å². The Balaban J connectivity index is 2.01. The lowest BCUT2D eigenvalue weighted by Gasteiger charge is -2.08. The van der Waals surface area contributed by atoms with Crippen molar-refractivity contribution < 1.29 is 0 Å². The molecule has 3 aromatic rings. The number of thioether (sulfide) groups is 1. The van der Waals surface area contributed by atoms with Crippen LogP contribution in [-0.2, 0) is 0 Å². The molecule has 0 aliphatic heterocycles. The van der Waals surface area contributed by atoms with Gasteiger partial charge in [-0.1, -0.05) is 18.2 Å². The van der Waals surface area contributed by atoms with E-state index < -0.39 is 0 Å². The van der Waals surface area contributed by atoms with E-state index in [1.165, 1.54) is 0 Å². The van der Waals surface area contributed by atoms with E-state index in [-0.39, 0.29) is 0 Å². The Labute approximate surface area is 144 Å². The molecule has 0 bridgehead atoms. The minimum absolute atomic E-state index is 0.777. The third kappa shape index (κ3) is 3.24. The van der Waals surface area contributed by atoms with Crippen LogP contribution in [0, 0.1) is 18.3 Å². The second-order valence-corrected chi connectivity index (χ2v) is 7.05. The van der Waals surface area contributed by atoms with Gasteiger partial charge in [0, 0.05) is 17.4 Å². The maximum Gasteiger partial charge on any atom is 0.130 e. The molecule has 0 amide bonds. The molecule has 2 aromatic heterocycles. The molecule has 0 unspecified atom stereocenters. The Kier molecular flexibility index (Phi) is 4.65. The van der Waals surface area contributed by atoms with Gasteiger partial charge in [0.15, 0.2) is 0 Å². The van der Waals surface area contributed by atoms with Crippen LogP contribution < -0.4 is 5.32 Å². The van der Waals surface area contributed by atoms with Crippen molar-refractivity contribution in [3.05, 3.63) is 59.1 Å². The summed E-state index contributed by atoms with van der Waals surface area (Å²) in [6.45, 7) is 2.01. The van der Waals surface area contributed by atoms with Crippen LogP contribution >= 0.6 is 23.1 Å². The number of aromatic nitrogens is 1. The van der Waals surface area contributed by atoms with Crippen molar-refractivity contribution in [2.45, 2.75) is 11.1 Å². The Morgan fingerprint density at radius 3 is 2.70 bits per heavy atom. The zero-order valence-electron chi connectivity index (χ0n) is 12.8. The van der Waals surface area contributed by atoms with Crippen molar-refractivity contribution in [3.8, 4) is 17.2 Å². The highest BCUT2D eigenvalue weighted by Crippen LogP contribution is 2.41. The lowest BCUT2D eigenvalue weighted by molar-refractivity contribution is 1.30. The predicted octanol–water partition coefficient (Wildman–Crippen LogP) is 5.46. The second kappa shape index (κ2) is 6.86. The van der Waals surface area contributed by atoms with Gasteiger partial charge in [-0.25, -0.2) is 4.98 Å². The molecule has 0 fully saturated rings. The molecule has 0 atom stereocenters. The normalized spacial score (nSPS) is 10.3. The zero-order chi connectivity index (χ0) is 16.2. The molecule has 0 aliphatic rings. The number of pyridine rings is 1. The molecular formula is C18H15N3S2. The molecule has 0 radical (unpaired) electrons. The first-order valence-electron chi connectivity index (χ1n) is 7.09. The Hall–Kier alpha value is -2.29. The first-order valence-corrected chi connectivity index (χ1v) is 9.13. The maximum atomic E-state index is 9.27. The van der Waals surface area contributed by atoms with Crippen molar-refractivity contribution in [1.29, 1.82) is 5.26 Å². The fourth-order valence-corrected chi connectivity index (χ4v) is 4.31. The van der Waals surface area contributed by atoms with Crippen LogP contribution in [0.4, 0.5) is 11.5 Å². The monoisotopic (exact) mass is 337 g/mol. The average Bonchev–Trinajstić information content (AvgIpc) is 2.92. The van der Waals surface area contributed by atoms with E-state index in [9.17, 15) is 5.26 Å². The van der Waals surface area contributed by atoms with Gasteiger partial charge in [0.25, 0.3) is 0 Å². The molecule has 2 heterocycles. The minimum Gasteiger partial charge on any atom is -0.340 e. The molecular weight excluding hydrogens is 322 g/mol. The molecule has 1 aromatic carbocycles. The summed E-state index contributed by atoms with van der Waals surface area (Å²) in [6.07, 6.45) is 3.84. The van der Waals surface area contributed by atoms with E-state index in [0.717, 1.165) is 37.3 Å². The Morgan fingerprint density at radius 2 is 2.00 bits per heavy atom. The minimum atomic E-state index is 0.777. The molecule has 0 saturated heterocycles. The van der Waals surface area contributed by atoms with Crippen molar-refractivity contribution in [2.24, 2.45) is 0 Å². The summed E-state index contributed by atoms with van der Waals surface area (Å²) in [4.78, 5) is 5.17. The molecule has 23 heavy (non-hydrogen) atoms. The van der Waals surface area contributed by atoms with Crippen molar-refractivity contribution in [1.82, 2.24) is 4.98 Å². The van der Waals surface area contributed by atoms with Gasteiger partial charge in [-0.05, 0) is 48.6 Å². The standard InChI is InChI=1S/C18H15N3S2/c1-12-15(11-19)23-18(22-2)17(12)13-8-9-20-16(10-13)21-14-6-4-3-5-7-14/h3-10H,1-2H3,(H,20,21). The summed E-state index contributed by atoms with van der Waals surface area (Å²) in [6, 6.07) is 16.3. The molecule has 3 rings (SSSR count). The van der Waals surface area contributed by atoms with Crippen LogP contribution in [-0.4, -0.2) is 11.2 Å². The van der Waals surface area contributed by atoms with E-state index in [4.69, 9.17) is 0 Å². The number of nitrogens with one attached hydrogen (secondary N) is 1. The SMILES string of the molecule is CSc1sc(C#N)c(C)c1-c1ccnc(Nc2ccccc2)c1. The smallest absolute Gasteiger partial charge is 0.130 e. The number of para-hydroxylation sites is 1. The van der Waals surface area contributed by atoms with Crippen molar-refractivity contribution in [2.75, 3.05) is 11.6 Å². The van der Waals surface area contributed by atoms with E-state index in [2.05, 4.69) is 16.4 Å². The molecule has 1 N–H and O–H groups in total. The summed E-state index contributed by atoms with van der Waals surface area (Å²) in [5, 5.41) is 12.6. The maximum absolute atomic E-state index is 9.27. The average molecular weight is 337 g/mol. The summed E-state index contributed by atoms with van der Waals surface area (Å²) in [5.41, 5.74) is 4.26. The van der Waals surface area contributed by atoms with Crippen molar-refractivity contribution in [3.63, 3.8) is 0 Å². The number of thiophene rings is 1. The molecule has 0 spiro atoms. The summed E-state index contributed by atoms with van der Waals surface area (Å²) < 4.78 is 1.16. The van der Waals surface area contributed by atoms with Crippen LogP contribution in [0.25, 0.3) is 11.1 Å². The number of hydrogen-bond donors (Lipinski definition) is 1. The number of benzene rings is 1. The van der Waals surface area contributed by atoms with Gasteiger partial charge in [-0.3, -0.25) is 0 Å². The van der Waals surface area contributed by atoms with E-state index in [1.54, 1.807) is 29.3 Å². The topological polar surface area (TPSA) is 48.7 Å². The van der Waals surface area contributed by atoms with Gasteiger partial charge in [-0.2, -0.15) is 5.26 Å². The lowest BCUT2D eigenvalue weighted by atomic mass is 10.1. The number of rotatable bonds is 4. The first kappa shape index (κ1) is 15.6. The predicted molar refractivity (Wildman–Crippen MR) is 98.5 cm³/mol. The zero-order valence-corrected chi connectivity index (χ0v) is 14.5. The van der Waals surface area contributed by atoms with Gasteiger partial charge in [0.1, 0.15) is 16.8 Å². The van der Waals surface area contributed by atoms with Gasteiger partial charge >= 0.3 is 0 Å². The number of anilines is 2. The third-order valence-corrected chi connectivity index (χ3v) is 5.81. The van der Waals surface area contributed by atoms with Crippen LogP contribution in [0.1, 0.15) is 10.4 Å². The number of hydrogen-bond acceptors (Lipinski definition) is 5. The summed E-state index contributed by atoms with van der Waals surface area (Å²) in [7, 11) is 0. The molecule has 3 nitrogen and oxygen atoms in total. The summed E-state index contributed by atoms with van der Waals surface area (Å²) in [5.74, 6) is 0.796. The van der Waals surface area contributed by atoms with E-state index in [0.29, 0.717) is 0 Å². The van der Waals surface area contributed by atoms with Gasteiger partial charge in [0.05, 0.1) is 4.21 Å². The molecule has 5 heteroatoms. The van der Waals surface area contributed by atoms with Crippen LogP contribution in [0.3, 0.4) is 0 Å². The molecule has 0 saturated carbocycles. The van der Waals surface area contributed by atoms with Gasteiger partial charge in [-0.15, -0.1) is 23.1 Å².